The largest absolute Gasteiger partial charge is 0.492 e. The minimum atomic E-state index is -1.23. The number of nitrogens with zero attached hydrogens (tertiary/aromatic N) is 2. The highest BCUT2D eigenvalue weighted by Gasteiger charge is 2.42. The van der Waals surface area contributed by atoms with Crippen LogP contribution in [-0.2, 0) is 5.60 Å². The molecule has 3 aromatic rings. The monoisotopic (exact) mass is 400 g/mol. The number of benzene rings is 3. The average Bonchev–Trinajstić information content (AvgIpc) is 3.32. The Bertz CT molecular complexity index is 1030. The third-order valence-electron chi connectivity index (χ3n) is 6.44. The van der Waals surface area contributed by atoms with Crippen molar-refractivity contribution in [3.05, 3.63) is 89.5 Å². The number of likely N-dealkylation sites (tertiary alicyclic amines) is 1. The summed E-state index contributed by atoms with van der Waals surface area (Å²) >= 11 is 0. The van der Waals surface area contributed by atoms with Gasteiger partial charge in [0.15, 0.2) is 0 Å². The van der Waals surface area contributed by atoms with Gasteiger partial charge in [-0.2, -0.15) is 0 Å². The van der Waals surface area contributed by atoms with Gasteiger partial charge in [-0.25, -0.2) is 0 Å². The van der Waals surface area contributed by atoms with Crippen LogP contribution in [0.25, 0.3) is 0 Å². The minimum Gasteiger partial charge on any atom is -0.492 e. The molecular formula is C26H28N2O2. The van der Waals surface area contributed by atoms with E-state index in [-0.39, 0.29) is 0 Å². The summed E-state index contributed by atoms with van der Waals surface area (Å²) < 4.78 is 6.12. The molecule has 1 atom stereocenters. The summed E-state index contributed by atoms with van der Waals surface area (Å²) in [5.41, 5.74) is 3.38. The van der Waals surface area contributed by atoms with Crippen LogP contribution in [0.5, 0.6) is 5.75 Å². The molecule has 2 heterocycles. The van der Waals surface area contributed by atoms with Crippen LogP contribution < -0.4 is 9.64 Å². The molecule has 5 rings (SSSR count). The van der Waals surface area contributed by atoms with Crippen LogP contribution in [-0.4, -0.2) is 43.3 Å². The Morgan fingerprint density at radius 3 is 2.37 bits per heavy atom. The number of aliphatic hydroxyl groups is 1. The van der Waals surface area contributed by atoms with Gasteiger partial charge in [-0.05, 0) is 55.8 Å². The van der Waals surface area contributed by atoms with Crippen molar-refractivity contribution < 1.29 is 9.84 Å². The predicted octanol–water partition coefficient (Wildman–Crippen LogP) is 4.53. The van der Waals surface area contributed by atoms with Crippen LogP contribution in [0.1, 0.15) is 29.5 Å². The minimum absolute atomic E-state index is 0.662. The number of rotatable bonds is 5. The molecule has 0 spiro atoms. The van der Waals surface area contributed by atoms with Crippen LogP contribution in [0.4, 0.5) is 11.4 Å². The SMILES string of the molecule is CN1c2ccccc2C(O)(c2ccccc2)c2cc(OCCN3CCCC3)ccc21. The van der Waals surface area contributed by atoms with Gasteiger partial charge in [-0.15, -0.1) is 0 Å². The van der Waals surface area contributed by atoms with Gasteiger partial charge in [-0.1, -0.05) is 48.5 Å². The van der Waals surface area contributed by atoms with Crippen molar-refractivity contribution in [2.45, 2.75) is 18.4 Å². The first-order valence-corrected chi connectivity index (χ1v) is 10.8. The summed E-state index contributed by atoms with van der Waals surface area (Å²) in [5.74, 6) is 0.801. The Kier molecular flexibility index (Phi) is 4.97. The molecule has 0 amide bonds. The lowest BCUT2D eigenvalue weighted by molar-refractivity contribution is 0.124. The number of hydrogen-bond donors (Lipinski definition) is 1. The van der Waals surface area contributed by atoms with E-state index in [9.17, 15) is 5.11 Å². The van der Waals surface area contributed by atoms with E-state index >= 15 is 0 Å². The van der Waals surface area contributed by atoms with Gasteiger partial charge in [0.25, 0.3) is 0 Å². The molecule has 1 saturated heterocycles. The van der Waals surface area contributed by atoms with Gasteiger partial charge in [-0.3, -0.25) is 4.90 Å². The Hall–Kier alpha value is -2.82. The van der Waals surface area contributed by atoms with E-state index in [2.05, 4.69) is 29.0 Å². The second-order valence-corrected chi connectivity index (χ2v) is 8.23. The zero-order valence-electron chi connectivity index (χ0n) is 17.4. The second-order valence-electron chi connectivity index (χ2n) is 8.23. The molecule has 1 N–H and O–H groups in total. The molecule has 0 bridgehead atoms. The molecule has 2 aliphatic rings. The van der Waals surface area contributed by atoms with Crippen molar-refractivity contribution in [3.8, 4) is 5.75 Å². The van der Waals surface area contributed by atoms with Gasteiger partial charge < -0.3 is 14.7 Å². The maximum Gasteiger partial charge on any atom is 0.144 e. The van der Waals surface area contributed by atoms with Crippen LogP contribution in [0, 0.1) is 0 Å². The van der Waals surface area contributed by atoms with Gasteiger partial charge in [0.05, 0.1) is 0 Å². The zero-order chi connectivity index (χ0) is 20.6. The highest BCUT2D eigenvalue weighted by atomic mass is 16.5. The summed E-state index contributed by atoms with van der Waals surface area (Å²) in [7, 11) is 2.05. The summed E-state index contributed by atoms with van der Waals surface area (Å²) in [4.78, 5) is 4.60. The first-order chi connectivity index (χ1) is 14.7. The lowest BCUT2D eigenvalue weighted by Crippen LogP contribution is -2.36. The Morgan fingerprint density at radius 2 is 1.57 bits per heavy atom. The number of hydrogen-bond acceptors (Lipinski definition) is 4. The highest BCUT2D eigenvalue weighted by molar-refractivity contribution is 5.79. The van der Waals surface area contributed by atoms with Gasteiger partial charge >= 0.3 is 0 Å². The molecular weight excluding hydrogens is 372 g/mol. The molecule has 4 nitrogen and oxygen atoms in total. The molecule has 4 heteroatoms. The molecule has 1 fully saturated rings. The molecule has 0 aromatic heterocycles. The van der Waals surface area contributed by atoms with Crippen LogP contribution >= 0.6 is 0 Å². The van der Waals surface area contributed by atoms with Crippen molar-refractivity contribution in [2.24, 2.45) is 0 Å². The van der Waals surface area contributed by atoms with Crippen molar-refractivity contribution in [2.75, 3.05) is 38.2 Å². The van der Waals surface area contributed by atoms with E-state index in [0.29, 0.717) is 6.61 Å². The van der Waals surface area contributed by atoms with Crippen molar-refractivity contribution in [1.29, 1.82) is 0 Å². The Balaban J connectivity index is 1.54. The van der Waals surface area contributed by atoms with E-state index in [4.69, 9.17) is 4.74 Å². The molecule has 0 saturated carbocycles. The average molecular weight is 401 g/mol. The standard InChI is InChI=1S/C26H28N2O2/c1-27-24-12-6-5-11-22(24)26(29,20-9-3-2-4-10-20)23-19-21(13-14-25(23)27)30-18-17-28-15-7-8-16-28/h2-6,9-14,19,29H,7-8,15-18H2,1H3. The van der Waals surface area contributed by atoms with Crippen molar-refractivity contribution >= 4 is 11.4 Å². The van der Waals surface area contributed by atoms with E-state index in [1.165, 1.54) is 25.9 Å². The molecule has 0 aliphatic carbocycles. The molecule has 2 aliphatic heterocycles. The fraction of sp³-hybridized carbons (Fsp3) is 0.308. The number of fused-ring (bicyclic) bond motifs is 2. The maximum absolute atomic E-state index is 12.2. The van der Waals surface area contributed by atoms with Crippen molar-refractivity contribution in [3.63, 3.8) is 0 Å². The molecule has 154 valence electrons. The number of ether oxygens (including phenoxy) is 1. The normalized spacial score (nSPS) is 20.7. The maximum atomic E-state index is 12.2. The zero-order valence-corrected chi connectivity index (χ0v) is 17.4. The fourth-order valence-corrected chi connectivity index (χ4v) is 4.82. The smallest absolute Gasteiger partial charge is 0.144 e. The summed E-state index contributed by atoms with van der Waals surface area (Å²) in [5, 5.41) is 12.2. The topological polar surface area (TPSA) is 35.9 Å². The van der Waals surface area contributed by atoms with E-state index in [0.717, 1.165) is 40.4 Å². The van der Waals surface area contributed by atoms with Crippen molar-refractivity contribution in [1.82, 2.24) is 4.90 Å². The van der Waals surface area contributed by atoms with E-state index in [1.54, 1.807) is 0 Å². The highest BCUT2D eigenvalue weighted by Crippen LogP contribution is 2.51. The van der Waals surface area contributed by atoms with E-state index < -0.39 is 5.60 Å². The second kappa shape index (κ2) is 7.78. The number of anilines is 2. The van der Waals surface area contributed by atoms with Crippen LogP contribution in [0.2, 0.25) is 0 Å². The quantitative estimate of drug-likeness (QED) is 0.683. The molecule has 0 radical (unpaired) electrons. The van der Waals surface area contributed by atoms with Crippen LogP contribution in [0.15, 0.2) is 72.8 Å². The third kappa shape index (κ3) is 3.17. The Morgan fingerprint density at radius 1 is 0.867 bits per heavy atom. The number of para-hydroxylation sites is 1. The molecule has 3 aromatic carbocycles. The van der Waals surface area contributed by atoms with Gasteiger partial charge in [0, 0.05) is 36.1 Å². The van der Waals surface area contributed by atoms with Crippen LogP contribution in [0.3, 0.4) is 0 Å². The molecule has 30 heavy (non-hydrogen) atoms. The first-order valence-electron chi connectivity index (χ1n) is 10.8. The molecule has 1 unspecified atom stereocenters. The predicted molar refractivity (Wildman–Crippen MR) is 121 cm³/mol. The fourth-order valence-electron chi connectivity index (χ4n) is 4.82. The Labute approximate surface area is 178 Å². The summed E-state index contributed by atoms with van der Waals surface area (Å²) in [6, 6.07) is 24.1. The van der Waals surface area contributed by atoms with E-state index in [1.807, 2.05) is 60.7 Å². The summed E-state index contributed by atoms with van der Waals surface area (Å²) in [6.07, 6.45) is 2.57. The third-order valence-corrected chi connectivity index (χ3v) is 6.44. The van der Waals surface area contributed by atoms with Gasteiger partial charge in [0.1, 0.15) is 18.0 Å². The summed E-state index contributed by atoms with van der Waals surface area (Å²) in [6.45, 7) is 3.95. The van der Waals surface area contributed by atoms with Gasteiger partial charge in [0.2, 0.25) is 0 Å². The lowest BCUT2D eigenvalue weighted by Gasteiger charge is -2.41. The lowest BCUT2D eigenvalue weighted by atomic mass is 9.76. The first kappa shape index (κ1) is 19.2.